The first-order chi connectivity index (χ1) is 17.1. The minimum atomic E-state index is -0.594. The molecule has 0 spiro atoms. The van der Waals surface area contributed by atoms with E-state index < -0.39 is 6.10 Å². The molecule has 0 heterocycles. The van der Waals surface area contributed by atoms with Gasteiger partial charge in [0, 0.05) is 13.0 Å². The van der Waals surface area contributed by atoms with Crippen LogP contribution in [-0.4, -0.2) is 31.9 Å². The number of rotatable bonds is 9. The molecule has 0 radical (unpaired) electrons. The van der Waals surface area contributed by atoms with Gasteiger partial charge in [0.1, 0.15) is 12.4 Å². The van der Waals surface area contributed by atoms with Crippen LogP contribution in [0.5, 0.6) is 5.75 Å². The third kappa shape index (κ3) is 5.90. The third-order valence-electron chi connectivity index (χ3n) is 6.06. The molecule has 0 aliphatic heterocycles. The van der Waals surface area contributed by atoms with Crippen molar-refractivity contribution >= 4 is 23.2 Å². The number of carbonyl (C=O) groups is 1. The Morgan fingerprint density at radius 2 is 1.54 bits per heavy atom. The highest BCUT2D eigenvalue weighted by Gasteiger charge is 2.20. The molecule has 0 saturated heterocycles. The first kappa shape index (κ1) is 24.5. The second kappa shape index (κ2) is 11.7. The Bertz CT molecular complexity index is 1220. The maximum atomic E-state index is 12.1. The summed E-state index contributed by atoms with van der Waals surface area (Å²) in [6.45, 7) is 7.08. The van der Waals surface area contributed by atoms with Crippen molar-refractivity contribution in [3.8, 4) is 5.75 Å². The minimum absolute atomic E-state index is 0.324. The molecule has 0 bridgehead atoms. The Hall–Kier alpha value is -3.63. The molecule has 0 aromatic heterocycles. The second-order valence-electron chi connectivity index (χ2n) is 8.43. The van der Waals surface area contributed by atoms with E-state index in [1.165, 1.54) is 33.4 Å². The lowest BCUT2D eigenvalue weighted by Gasteiger charge is -2.16. The zero-order valence-electron chi connectivity index (χ0n) is 20.6. The van der Waals surface area contributed by atoms with Crippen LogP contribution in [0.1, 0.15) is 48.6 Å². The quantitative estimate of drug-likeness (QED) is 0.333. The van der Waals surface area contributed by atoms with E-state index in [-0.39, 0.29) is 5.97 Å². The van der Waals surface area contributed by atoms with E-state index in [2.05, 4.69) is 67.6 Å². The molecule has 180 valence electrons. The van der Waals surface area contributed by atoms with Gasteiger partial charge >= 0.3 is 5.97 Å². The van der Waals surface area contributed by atoms with Crippen LogP contribution in [0.3, 0.4) is 0 Å². The standard InChI is InChI=1S/C31H32O4/c1-4-33-30(31(32)34-5-2)21-23-14-16-25(17-15-23)35-19-18-29-27-12-7-6-10-24(27)20-22(3)26-11-8-9-13-28(26)29/h6-18,20,30H,4-5,19,21H2,1-3H3. The van der Waals surface area contributed by atoms with Crippen LogP contribution in [0.15, 0.2) is 78.9 Å². The maximum absolute atomic E-state index is 12.1. The van der Waals surface area contributed by atoms with Gasteiger partial charge < -0.3 is 14.2 Å². The van der Waals surface area contributed by atoms with E-state index in [1.54, 1.807) is 6.92 Å². The number of hydrogen-bond acceptors (Lipinski definition) is 4. The smallest absolute Gasteiger partial charge is 0.335 e. The molecule has 0 N–H and O–H groups in total. The second-order valence-corrected chi connectivity index (χ2v) is 8.43. The van der Waals surface area contributed by atoms with Gasteiger partial charge in [-0.15, -0.1) is 0 Å². The fourth-order valence-corrected chi connectivity index (χ4v) is 4.41. The predicted molar refractivity (Wildman–Crippen MR) is 141 cm³/mol. The number of ether oxygens (including phenoxy) is 3. The van der Waals surface area contributed by atoms with Crippen LogP contribution in [0.2, 0.25) is 0 Å². The molecule has 0 fully saturated rings. The van der Waals surface area contributed by atoms with Crippen molar-refractivity contribution in [3.05, 3.63) is 107 Å². The summed E-state index contributed by atoms with van der Waals surface area (Å²) < 4.78 is 16.8. The summed E-state index contributed by atoms with van der Waals surface area (Å²) >= 11 is 0. The number of allylic oxidation sites excluding steroid dienone is 1. The predicted octanol–water partition coefficient (Wildman–Crippen LogP) is 6.58. The van der Waals surface area contributed by atoms with Crippen LogP contribution < -0.4 is 4.74 Å². The SMILES string of the molecule is CCOC(=O)C(Cc1ccc(OCC=C2c3ccccc3C=C(C)c3ccccc32)cc1)OCC. The van der Waals surface area contributed by atoms with Crippen LogP contribution >= 0.6 is 0 Å². The van der Waals surface area contributed by atoms with Crippen molar-refractivity contribution < 1.29 is 19.0 Å². The van der Waals surface area contributed by atoms with Crippen LogP contribution in [0.4, 0.5) is 0 Å². The van der Waals surface area contributed by atoms with Crippen molar-refractivity contribution in [2.45, 2.75) is 33.3 Å². The van der Waals surface area contributed by atoms with Gasteiger partial charge in [0.05, 0.1) is 6.61 Å². The Morgan fingerprint density at radius 3 is 2.26 bits per heavy atom. The lowest BCUT2D eigenvalue weighted by molar-refractivity contribution is -0.156. The summed E-state index contributed by atoms with van der Waals surface area (Å²) in [6.07, 6.45) is 4.28. The van der Waals surface area contributed by atoms with Gasteiger partial charge in [-0.25, -0.2) is 4.79 Å². The Morgan fingerprint density at radius 1 is 0.857 bits per heavy atom. The van der Waals surface area contributed by atoms with Gasteiger partial charge in [-0.2, -0.15) is 0 Å². The molecule has 0 saturated carbocycles. The first-order valence-corrected chi connectivity index (χ1v) is 12.2. The average molecular weight is 469 g/mol. The lowest BCUT2D eigenvalue weighted by Crippen LogP contribution is -2.28. The molecule has 1 aliphatic carbocycles. The maximum Gasteiger partial charge on any atom is 0.335 e. The molecule has 3 aromatic carbocycles. The largest absolute Gasteiger partial charge is 0.490 e. The third-order valence-corrected chi connectivity index (χ3v) is 6.06. The Kier molecular flexibility index (Phi) is 8.17. The molecule has 4 heteroatoms. The molecule has 4 nitrogen and oxygen atoms in total. The van der Waals surface area contributed by atoms with Gasteiger partial charge in [0.25, 0.3) is 0 Å². The normalized spacial score (nSPS) is 14.4. The molecule has 1 atom stereocenters. The van der Waals surface area contributed by atoms with Gasteiger partial charge in [-0.3, -0.25) is 0 Å². The van der Waals surface area contributed by atoms with Gasteiger partial charge in [0.2, 0.25) is 0 Å². The highest BCUT2D eigenvalue weighted by molar-refractivity contribution is 5.97. The lowest BCUT2D eigenvalue weighted by atomic mass is 9.92. The molecular weight excluding hydrogens is 436 g/mol. The van der Waals surface area contributed by atoms with Crippen LogP contribution in [-0.2, 0) is 20.7 Å². The molecule has 3 aromatic rings. The summed E-state index contributed by atoms with van der Waals surface area (Å²) in [5, 5.41) is 0. The molecule has 0 amide bonds. The fourth-order valence-electron chi connectivity index (χ4n) is 4.41. The molecule has 1 aliphatic rings. The monoisotopic (exact) mass is 468 g/mol. The number of esters is 1. The van der Waals surface area contributed by atoms with Crippen molar-refractivity contribution in [3.63, 3.8) is 0 Å². The van der Waals surface area contributed by atoms with Crippen molar-refractivity contribution in [2.75, 3.05) is 19.8 Å². The topological polar surface area (TPSA) is 44.8 Å². The highest BCUT2D eigenvalue weighted by Crippen LogP contribution is 2.36. The van der Waals surface area contributed by atoms with E-state index in [9.17, 15) is 4.79 Å². The molecule has 35 heavy (non-hydrogen) atoms. The Balaban J connectivity index is 1.49. The zero-order valence-corrected chi connectivity index (χ0v) is 20.6. The Labute approximate surface area is 207 Å². The molecular formula is C31H32O4. The van der Waals surface area contributed by atoms with E-state index in [0.29, 0.717) is 26.2 Å². The number of benzene rings is 3. The number of hydrogen-bond donors (Lipinski definition) is 0. The summed E-state index contributed by atoms with van der Waals surface area (Å²) in [5.74, 6) is 0.453. The van der Waals surface area contributed by atoms with E-state index in [0.717, 1.165) is 11.3 Å². The van der Waals surface area contributed by atoms with Crippen molar-refractivity contribution in [1.29, 1.82) is 0 Å². The zero-order chi connectivity index (χ0) is 24.6. The summed E-state index contributed by atoms with van der Waals surface area (Å²) in [5.41, 5.74) is 8.29. The van der Waals surface area contributed by atoms with Crippen molar-refractivity contribution in [2.24, 2.45) is 0 Å². The van der Waals surface area contributed by atoms with E-state index in [4.69, 9.17) is 14.2 Å². The van der Waals surface area contributed by atoms with Gasteiger partial charge in [-0.1, -0.05) is 66.7 Å². The minimum Gasteiger partial charge on any atom is -0.490 e. The number of carbonyl (C=O) groups excluding carboxylic acids is 1. The summed E-state index contributed by atoms with van der Waals surface area (Å²) in [7, 11) is 0. The summed E-state index contributed by atoms with van der Waals surface area (Å²) in [6, 6.07) is 24.8. The highest BCUT2D eigenvalue weighted by atomic mass is 16.6. The summed E-state index contributed by atoms with van der Waals surface area (Å²) in [4.78, 5) is 12.1. The van der Waals surface area contributed by atoms with Crippen LogP contribution in [0.25, 0.3) is 17.2 Å². The van der Waals surface area contributed by atoms with Gasteiger partial charge in [-0.05, 0) is 77.9 Å². The fraction of sp³-hybridized carbons (Fsp3) is 0.258. The van der Waals surface area contributed by atoms with Crippen molar-refractivity contribution in [1.82, 2.24) is 0 Å². The van der Waals surface area contributed by atoms with E-state index in [1.807, 2.05) is 31.2 Å². The first-order valence-electron chi connectivity index (χ1n) is 12.2. The van der Waals surface area contributed by atoms with Crippen LogP contribution in [0, 0.1) is 0 Å². The molecule has 4 rings (SSSR count). The molecule has 1 unspecified atom stereocenters. The number of fused-ring (bicyclic) bond motifs is 2. The van der Waals surface area contributed by atoms with E-state index >= 15 is 0 Å². The van der Waals surface area contributed by atoms with Gasteiger partial charge in [0.15, 0.2) is 6.10 Å². The average Bonchev–Trinajstić information content (AvgIpc) is 2.99.